The van der Waals surface area contributed by atoms with Gasteiger partial charge in [-0.25, -0.2) is 0 Å². The molecule has 0 N–H and O–H groups in total. The van der Waals surface area contributed by atoms with Crippen molar-refractivity contribution in [3.8, 4) is 0 Å². The number of hydrogen-bond acceptors (Lipinski definition) is 2. The first-order valence-corrected chi connectivity index (χ1v) is 6.67. The summed E-state index contributed by atoms with van der Waals surface area (Å²) in [5.41, 5.74) is 4.95. The summed E-state index contributed by atoms with van der Waals surface area (Å²) in [4.78, 5) is 15.3. The van der Waals surface area contributed by atoms with Crippen molar-refractivity contribution < 1.29 is 23.7 Å². The van der Waals surface area contributed by atoms with Crippen molar-refractivity contribution in [2.75, 3.05) is 0 Å². The van der Waals surface area contributed by atoms with E-state index in [0.717, 1.165) is 29.2 Å². The number of hydrogen-bond donors (Lipinski definition) is 0. The molecule has 102 valence electrons. The number of fused-ring (bicyclic) bond motifs is 1. The van der Waals surface area contributed by atoms with E-state index in [1.54, 1.807) is 6.20 Å². The Bertz CT molecular complexity index is 577. The SMILES string of the molecule is Cc1c(C)c(C=O)c2ncccc2c1C.[CH2-]CCC.[Li+]. The maximum absolute atomic E-state index is 11.1. The third-order valence-electron chi connectivity index (χ3n) is 3.47. The number of aryl methyl sites for hydroxylation is 1. The molecular weight excluding hydrogens is 241 g/mol. The van der Waals surface area contributed by atoms with Gasteiger partial charge in [0.25, 0.3) is 0 Å². The minimum absolute atomic E-state index is 0. The molecule has 1 aromatic heterocycles. The summed E-state index contributed by atoms with van der Waals surface area (Å²) in [6.45, 7) is 11.8. The molecule has 3 heteroatoms. The molecule has 0 saturated heterocycles. The van der Waals surface area contributed by atoms with Gasteiger partial charge in [-0.2, -0.15) is 6.42 Å². The fourth-order valence-corrected chi connectivity index (χ4v) is 1.93. The van der Waals surface area contributed by atoms with Crippen molar-refractivity contribution in [3.05, 3.63) is 47.5 Å². The first-order chi connectivity index (χ1) is 9.08. The zero-order chi connectivity index (χ0) is 14.4. The van der Waals surface area contributed by atoms with Crippen LogP contribution in [0.1, 0.15) is 46.8 Å². The zero-order valence-corrected chi connectivity index (χ0v) is 13.3. The molecule has 0 amide bonds. The van der Waals surface area contributed by atoms with Gasteiger partial charge in [-0.1, -0.05) is 19.4 Å². The van der Waals surface area contributed by atoms with Crippen LogP contribution in [0.2, 0.25) is 0 Å². The standard InChI is InChI=1S/C13H13NO.C4H9.Li/c1-8-9(2)11-5-4-6-14-13(11)12(7-15)10(8)3;1-3-4-2;/h4-7H,1-3H3;1,3-4H2,2H3;/q;-1;+1. The summed E-state index contributed by atoms with van der Waals surface area (Å²) in [7, 11) is 0. The Hall–Kier alpha value is -1.10. The Labute approximate surface area is 134 Å². The van der Waals surface area contributed by atoms with Crippen LogP contribution < -0.4 is 18.9 Å². The van der Waals surface area contributed by atoms with Gasteiger partial charge in [0.15, 0.2) is 6.29 Å². The van der Waals surface area contributed by atoms with E-state index in [9.17, 15) is 4.79 Å². The van der Waals surface area contributed by atoms with Crippen molar-refractivity contribution in [1.82, 2.24) is 4.98 Å². The van der Waals surface area contributed by atoms with Crippen LogP contribution in [0.4, 0.5) is 0 Å². The number of rotatable bonds is 2. The van der Waals surface area contributed by atoms with Gasteiger partial charge in [0, 0.05) is 17.1 Å². The Morgan fingerprint density at radius 3 is 2.30 bits per heavy atom. The molecule has 0 fully saturated rings. The molecule has 0 aliphatic rings. The van der Waals surface area contributed by atoms with Crippen LogP contribution in [0.3, 0.4) is 0 Å². The number of benzene rings is 1. The van der Waals surface area contributed by atoms with Crippen LogP contribution in [0.25, 0.3) is 10.9 Å². The van der Waals surface area contributed by atoms with Crippen molar-refractivity contribution in [1.29, 1.82) is 0 Å². The van der Waals surface area contributed by atoms with E-state index in [1.807, 2.05) is 26.0 Å². The second kappa shape index (κ2) is 8.95. The van der Waals surface area contributed by atoms with Crippen LogP contribution in [-0.2, 0) is 0 Å². The predicted molar refractivity (Wildman–Crippen MR) is 81.6 cm³/mol. The maximum atomic E-state index is 11.1. The number of aldehydes is 1. The van der Waals surface area contributed by atoms with Gasteiger partial charge in [0.1, 0.15) is 0 Å². The molecule has 1 heterocycles. The largest absolute Gasteiger partial charge is 1.00 e. The topological polar surface area (TPSA) is 30.0 Å². The molecule has 0 saturated carbocycles. The number of pyridine rings is 1. The molecule has 2 rings (SSSR count). The second-order valence-corrected chi connectivity index (χ2v) is 4.66. The fourth-order valence-electron chi connectivity index (χ4n) is 1.93. The molecule has 0 unspecified atom stereocenters. The summed E-state index contributed by atoms with van der Waals surface area (Å²) >= 11 is 0. The number of unbranched alkanes of at least 4 members (excludes halogenated alkanes) is 1. The van der Waals surface area contributed by atoms with Gasteiger partial charge < -0.3 is 6.92 Å². The van der Waals surface area contributed by atoms with Crippen LogP contribution in [0.5, 0.6) is 0 Å². The molecule has 0 aliphatic carbocycles. The van der Waals surface area contributed by atoms with Crippen molar-refractivity contribution in [2.24, 2.45) is 0 Å². The van der Waals surface area contributed by atoms with Crippen LogP contribution in [0.15, 0.2) is 18.3 Å². The Kier molecular flexibility index (Phi) is 8.45. The summed E-state index contributed by atoms with van der Waals surface area (Å²) in [6, 6.07) is 3.91. The fraction of sp³-hybridized carbons (Fsp3) is 0.353. The van der Waals surface area contributed by atoms with Gasteiger partial charge in [-0.3, -0.25) is 9.78 Å². The van der Waals surface area contributed by atoms with Crippen LogP contribution >= 0.6 is 0 Å². The minimum atomic E-state index is 0. The van der Waals surface area contributed by atoms with E-state index in [4.69, 9.17) is 0 Å². The first-order valence-electron chi connectivity index (χ1n) is 6.67. The molecule has 1 aromatic carbocycles. The summed E-state index contributed by atoms with van der Waals surface area (Å²) in [5.74, 6) is 0. The smallest absolute Gasteiger partial charge is 0.343 e. The van der Waals surface area contributed by atoms with Gasteiger partial charge in [0.2, 0.25) is 0 Å². The second-order valence-electron chi connectivity index (χ2n) is 4.66. The Morgan fingerprint density at radius 1 is 1.20 bits per heavy atom. The Morgan fingerprint density at radius 2 is 1.80 bits per heavy atom. The molecule has 0 bridgehead atoms. The van der Waals surface area contributed by atoms with Crippen molar-refractivity contribution >= 4 is 17.2 Å². The van der Waals surface area contributed by atoms with Gasteiger partial charge >= 0.3 is 18.9 Å². The number of carbonyl (C=O) groups excluding carboxylic acids is 1. The summed E-state index contributed by atoms with van der Waals surface area (Å²) in [5, 5.41) is 1.07. The molecule has 0 spiro atoms. The van der Waals surface area contributed by atoms with E-state index < -0.39 is 0 Å². The van der Waals surface area contributed by atoms with Crippen molar-refractivity contribution in [3.63, 3.8) is 0 Å². The van der Waals surface area contributed by atoms with E-state index in [-0.39, 0.29) is 18.9 Å². The molecule has 20 heavy (non-hydrogen) atoms. The van der Waals surface area contributed by atoms with Gasteiger partial charge in [0.05, 0.1) is 5.52 Å². The minimum Gasteiger partial charge on any atom is -0.343 e. The third-order valence-corrected chi connectivity index (χ3v) is 3.47. The normalized spacial score (nSPS) is 9.45. The Balaban J connectivity index is 0.000000644. The quantitative estimate of drug-likeness (QED) is 0.468. The van der Waals surface area contributed by atoms with Crippen LogP contribution in [-0.4, -0.2) is 11.3 Å². The summed E-state index contributed by atoms with van der Waals surface area (Å²) in [6.07, 6.45) is 4.90. The maximum Gasteiger partial charge on any atom is 1.00 e. The van der Waals surface area contributed by atoms with Gasteiger partial charge in [-0.05, 0) is 43.5 Å². The van der Waals surface area contributed by atoms with E-state index >= 15 is 0 Å². The first kappa shape index (κ1) is 18.9. The molecule has 2 nitrogen and oxygen atoms in total. The average molecular weight is 263 g/mol. The van der Waals surface area contributed by atoms with E-state index in [0.29, 0.717) is 5.56 Å². The van der Waals surface area contributed by atoms with Crippen LogP contribution in [0, 0.1) is 27.7 Å². The molecular formula is C17H22LiNO. The van der Waals surface area contributed by atoms with E-state index in [2.05, 4.69) is 25.8 Å². The average Bonchev–Trinajstić information content (AvgIpc) is 2.46. The molecule has 0 aliphatic heterocycles. The number of nitrogens with zero attached hydrogens (tertiary/aromatic N) is 1. The molecule has 0 atom stereocenters. The molecule has 2 aromatic rings. The van der Waals surface area contributed by atoms with E-state index in [1.165, 1.54) is 17.5 Å². The predicted octanol–water partition coefficient (Wildman–Crippen LogP) is 1.60. The number of aromatic nitrogens is 1. The zero-order valence-electron chi connectivity index (χ0n) is 13.3. The summed E-state index contributed by atoms with van der Waals surface area (Å²) < 4.78 is 0. The monoisotopic (exact) mass is 263 g/mol. The molecule has 0 radical (unpaired) electrons. The van der Waals surface area contributed by atoms with Gasteiger partial charge in [-0.15, -0.1) is 0 Å². The third kappa shape index (κ3) is 3.95. The number of carbonyl (C=O) groups is 1. The van der Waals surface area contributed by atoms with Crippen molar-refractivity contribution in [2.45, 2.75) is 40.5 Å².